The Balaban J connectivity index is 3.80. The molecular formula is C8H16O3. The standard InChI is InChI=1S/C8H16O3/c1-4-5-8(2,10)6-7(9)11-3/h10H,4-6H2,1-3H3. The van der Waals surface area contributed by atoms with Crippen molar-refractivity contribution in [2.24, 2.45) is 0 Å². The molecule has 0 radical (unpaired) electrons. The zero-order valence-electron chi connectivity index (χ0n) is 7.39. The molecular weight excluding hydrogens is 144 g/mol. The lowest BCUT2D eigenvalue weighted by atomic mass is 9.97. The third-order valence-corrected chi connectivity index (χ3v) is 1.54. The topological polar surface area (TPSA) is 46.5 Å². The van der Waals surface area contributed by atoms with Gasteiger partial charge in [0.15, 0.2) is 0 Å². The third kappa shape index (κ3) is 4.79. The molecule has 0 aliphatic heterocycles. The van der Waals surface area contributed by atoms with Crippen LogP contribution in [0.5, 0.6) is 0 Å². The van der Waals surface area contributed by atoms with E-state index in [1.54, 1.807) is 6.92 Å². The molecule has 11 heavy (non-hydrogen) atoms. The van der Waals surface area contributed by atoms with E-state index in [0.29, 0.717) is 6.42 Å². The van der Waals surface area contributed by atoms with Gasteiger partial charge in [0.1, 0.15) is 0 Å². The number of aliphatic hydroxyl groups is 1. The van der Waals surface area contributed by atoms with Gasteiger partial charge in [0.2, 0.25) is 0 Å². The van der Waals surface area contributed by atoms with Crippen molar-refractivity contribution in [3.05, 3.63) is 0 Å². The number of rotatable bonds is 4. The summed E-state index contributed by atoms with van der Waals surface area (Å²) < 4.78 is 4.43. The number of carbonyl (C=O) groups excluding carboxylic acids is 1. The number of hydrogen-bond acceptors (Lipinski definition) is 3. The van der Waals surface area contributed by atoms with Crippen LogP contribution in [0.15, 0.2) is 0 Å². The van der Waals surface area contributed by atoms with Crippen molar-refractivity contribution in [1.82, 2.24) is 0 Å². The molecule has 0 rings (SSSR count). The Labute approximate surface area is 67.4 Å². The summed E-state index contributed by atoms with van der Waals surface area (Å²) in [5.41, 5.74) is -0.901. The first kappa shape index (κ1) is 10.4. The lowest BCUT2D eigenvalue weighted by molar-refractivity contribution is -0.145. The average molecular weight is 160 g/mol. The van der Waals surface area contributed by atoms with Crippen LogP contribution < -0.4 is 0 Å². The molecule has 1 atom stereocenters. The highest BCUT2D eigenvalue weighted by molar-refractivity contribution is 5.70. The van der Waals surface area contributed by atoms with Crippen molar-refractivity contribution in [3.63, 3.8) is 0 Å². The summed E-state index contributed by atoms with van der Waals surface area (Å²) in [6, 6.07) is 0. The van der Waals surface area contributed by atoms with Gasteiger partial charge in [0, 0.05) is 0 Å². The van der Waals surface area contributed by atoms with Crippen LogP contribution in [0, 0.1) is 0 Å². The summed E-state index contributed by atoms with van der Waals surface area (Å²) in [7, 11) is 1.32. The monoisotopic (exact) mass is 160 g/mol. The van der Waals surface area contributed by atoms with Crippen molar-refractivity contribution in [2.75, 3.05) is 7.11 Å². The van der Waals surface area contributed by atoms with Crippen molar-refractivity contribution in [2.45, 2.75) is 38.7 Å². The Bertz CT molecular complexity index is 129. The first-order chi connectivity index (χ1) is 5.02. The summed E-state index contributed by atoms with van der Waals surface area (Å²) in [5.74, 6) is -0.358. The Morgan fingerprint density at radius 2 is 2.18 bits per heavy atom. The van der Waals surface area contributed by atoms with Gasteiger partial charge in [-0.3, -0.25) is 4.79 Å². The minimum Gasteiger partial charge on any atom is -0.469 e. The lowest BCUT2D eigenvalue weighted by Gasteiger charge is -2.20. The summed E-state index contributed by atoms with van der Waals surface area (Å²) >= 11 is 0. The molecule has 0 aliphatic carbocycles. The molecule has 1 unspecified atom stereocenters. The molecule has 0 aliphatic rings. The maximum atomic E-state index is 10.7. The third-order valence-electron chi connectivity index (χ3n) is 1.54. The Morgan fingerprint density at radius 1 is 1.64 bits per heavy atom. The van der Waals surface area contributed by atoms with Gasteiger partial charge in [-0.1, -0.05) is 13.3 Å². The maximum absolute atomic E-state index is 10.7. The van der Waals surface area contributed by atoms with Gasteiger partial charge in [0.25, 0.3) is 0 Å². The fraction of sp³-hybridized carbons (Fsp3) is 0.875. The quantitative estimate of drug-likeness (QED) is 0.626. The van der Waals surface area contributed by atoms with Crippen molar-refractivity contribution >= 4 is 5.97 Å². The van der Waals surface area contributed by atoms with Gasteiger partial charge in [0.05, 0.1) is 19.1 Å². The van der Waals surface area contributed by atoms with Gasteiger partial charge in [-0.25, -0.2) is 0 Å². The van der Waals surface area contributed by atoms with E-state index in [9.17, 15) is 9.90 Å². The molecule has 0 spiro atoms. The second kappa shape index (κ2) is 4.34. The van der Waals surface area contributed by atoms with Gasteiger partial charge in [-0.15, -0.1) is 0 Å². The van der Waals surface area contributed by atoms with Crippen molar-refractivity contribution in [1.29, 1.82) is 0 Å². The van der Waals surface area contributed by atoms with E-state index in [2.05, 4.69) is 4.74 Å². The van der Waals surface area contributed by atoms with Gasteiger partial charge >= 0.3 is 5.97 Å². The molecule has 66 valence electrons. The first-order valence-corrected chi connectivity index (χ1v) is 3.81. The molecule has 0 aromatic heterocycles. The highest BCUT2D eigenvalue weighted by Crippen LogP contribution is 2.16. The van der Waals surface area contributed by atoms with Crippen LogP contribution in [-0.4, -0.2) is 23.8 Å². The number of carbonyl (C=O) groups is 1. The zero-order chi connectivity index (χ0) is 8.91. The number of esters is 1. The van der Waals surface area contributed by atoms with Crippen LogP contribution >= 0.6 is 0 Å². The Hall–Kier alpha value is -0.570. The smallest absolute Gasteiger partial charge is 0.308 e. The fourth-order valence-corrected chi connectivity index (χ4v) is 1.01. The number of methoxy groups -OCH3 is 1. The molecule has 0 aromatic rings. The molecule has 0 bridgehead atoms. The fourth-order valence-electron chi connectivity index (χ4n) is 1.01. The molecule has 1 N–H and O–H groups in total. The van der Waals surface area contributed by atoms with Crippen molar-refractivity contribution < 1.29 is 14.6 Å². The van der Waals surface area contributed by atoms with Crippen LogP contribution in [0.3, 0.4) is 0 Å². The summed E-state index contributed by atoms with van der Waals surface area (Å²) in [6.45, 7) is 3.61. The summed E-state index contributed by atoms with van der Waals surface area (Å²) in [4.78, 5) is 10.7. The second-order valence-corrected chi connectivity index (χ2v) is 3.00. The molecule has 3 nitrogen and oxygen atoms in total. The van der Waals surface area contributed by atoms with Crippen LogP contribution in [0.4, 0.5) is 0 Å². The van der Waals surface area contributed by atoms with E-state index in [4.69, 9.17) is 0 Å². The highest BCUT2D eigenvalue weighted by atomic mass is 16.5. The average Bonchev–Trinajstić information content (AvgIpc) is 1.86. The molecule has 0 saturated heterocycles. The van der Waals surface area contributed by atoms with E-state index < -0.39 is 5.60 Å². The molecule has 3 heteroatoms. The predicted molar refractivity (Wildman–Crippen MR) is 42.2 cm³/mol. The molecule has 0 aromatic carbocycles. The van der Waals surface area contributed by atoms with E-state index in [-0.39, 0.29) is 12.4 Å². The number of hydrogen-bond donors (Lipinski definition) is 1. The highest BCUT2D eigenvalue weighted by Gasteiger charge is 2.23. The predicted octanol–water partition coefficient (Wildman–Crippen LogP) is 1.10. The van der Waals surface area contributed by atoms with Crippen LogP contribution in [0.1, 0.15) is 33.1 Å². The summed E-state index contributed by atoms with van der Waals surface area (Å²) in [5, 5.41) is 9.52. The van der Waals surface area contributed by atoms with Crippen LogP contribution in [-0.2, 0) is 9.53 Å². The minimum absolute atomic E-state index is 0.0807. The first-order valence-electron chi connectivity index (χ1n) is 3.81. The largest absolute Gasteiger partial charge is 0.469 e. The van der Waals surface area contributed by atoms with E-state index in [0.717, 1.165) is 6.42 Å². The molecule has 0 fully saturated rings. The zero-order valence-corrected chi connectivity index (χ0v) is 7.39. The van der Waals surface area contributed by atoms with E-state index in [1.165, 1.54) is 7.11 Å². The van der Waals surface area contributed by atoms with Crippen molar-refractivity contribution in [3.8, 4) is 0 Å². The molecule has 0 amide bonds. The Kier molecular flexibility index (Phi) is 4.11. The molecule has 0 saturated carbocycles. The minimum atomic E-state index is -0.901. The second-order valence-electron chi connectivity index (χ2n) is 3.00. The number of ether oxygens (including phenoxy) is 1. The lowest BCUT2D eigenvalue weighted by Crippen LogP contribution is -2.28. The van der Waals surface area contributed by atoms with Gasteiger partial charge in [-0.2, -0.15) is 0 Å². The van der Waals surface area contributed by atoms with E-state index in [1.807, 2.05) is 6.92 Å². The van der Waals surface area contributed by atoms with E-state index >= 15 is 0 Å². The normalized spacial score (nSPS) is 15.6. The Morgan fingerprint density at radius 3 is 2.55 bits per heavy atom. The summed E-state index contributed by atoms with van der Waals surface area (Å²) in [6.07, 6.45) is 1.57. The van der Waals surface area contributed by atoms with Gasteiger partial charge < -0.3 is 9.84 Å². The van der Waals surface area contributed by atoms with Crippen LogP contribution in [0.2, 0.25) is 0 Å². The molecule has 0 heterocycles. The van der Waals surface area contributed by atoms with Crippen LogP contribution in [0.25, 0.3) is 0 Å². The van der Waals surface area contributed by atoms with Gasteiger partial charge in [-0.05, 0) is 13.3 Å². The maximum Gasteiger partial charge on any atom is 0.308 e. The SMILES string of the molecule is CCCC(C)(O)CC(=O)OC.